The number of para-hydroxylation sites is 1. The Kier molecular flexibility index (Phi) is 4.68. The van der Waals surface area contributed by atoms with Crippen LogP contribution >= 0.6 is 0 Å². The van der Waals surface area contributed by atoms with Crippen molar-refractivity contribution < 1.29 is 0 Å². The van der Waals surface area contributed by atoms with Crippen LogP contribution in [0.1, 0.15) is 49.6 Å². The minimum atomic E-state index is -0.255. The maximum Gasteiger partial charge on any atom is 0.181 e. The van der Waals surface area contributed by atoms with Crippen LogP contribution in [0, 0.1) is 19.8 Å². The minimum absolute atomic E-state index is 0.255. The highest BCUT2D eigenvalue weighted by atomic mass is 15.6. The van der Waals surface area contributed by atoms with Gasteiger partial charge in [0.25, 0.3) is 0 Å². The highest BCUT2D eigenvalue weighted by Gasteiger charge is 2.41. The van der Waals surface area contributed by atoms with Gasteiger partial charge in [-0.3, -0.25) is 0 Å². The smallest absolute Gasteiger partial charge is 0.181 e. The quantitative estimate of drug-likeness (QED) is 0.725. The van der Waals surface area contributed by atoms with E-state index in [-0.39, 0.29) is 5.54 Å². The van der Waals surface area contributed by atoms with E-state index in [1.54, 1.807) is 0 Å². The average molecular weight is 361 g/mol. The molecule has 1 heterocycles. The molecule has 0 spiro atoms. The molecule has 0 amide bonds. The van der Waals surface area contributed by atoms with Gasteiger partial charge in [-0.2, -0.15) is 4.68 Å². The molecule has 1 aromatic heterocycles. The molecule has 0 aliphatic heterocycles. The second-order valence-corrected chi connectivity index (χ2v) is 7.96. The van der Waals surface area contributed by atoms with Crippen LogP contribution in [-0.4, -0.2) is 20.2 Å². The van der Waals surface area contributed by atoms with Gasteiger partial charge in [0.15, 0.2) is 5.82 Å². The zero-order chi connectivity index (χ0) is 18.9. The number of benzene rings is 2. The normalized spacial score (nSPS) is 22.6. The molecule has 140 valence electrons. The summed E-state index contributed by atoms with van der Waals surface area (Å²) in [6.07, 6.45) is 4.38. The summed E-state index contributed by atoms with van der Waals surface area (Å²) >= 11 is 0. The summed E-state index contributed by atoms with van der Waals surface area (Å²) in [5.41, 5.74) is 4.34. The van der Waals surface area contributed by atoms with Crippen LogP contribution in [0.15, 0.2) is 48.5 Å². The molecule has 0 radical (unpaired) electrons. The molecule has 1 aliphatic rings. The van der Waals surface area contributed by atoms with Crippen LogP contribution in [-0.2, 0) is 5.54 Å². The summed E-state index contributed by atoms with van der Waals surface area (Å²) in [6.45, 7) is 6.56. The van der Waals surface area contributed by atoms with Gasteiger partial charge in [0.2, 0.25) is 0 Å². The molecule has 0 bridgehead atoms. The lowest BCUT2D eigenvalue weighted by Gasteiger charge is -2.39. The number of rotatable bonds is 4. The Morgan fingerprint density at radius 3 is 2.48 bits per heavy atom. The SMILES string of the molecule is Cc1ccc(-n2nnnc2C2(Nc3ccccc3)CCC(C)CC2)c(C)c1. The number of tetrazole rings is 1. The number of nitrogens with zero attached hydrogens (tertiary/aromatic N) is 4. The zero-order valence-corrected chi connectivity index (χ0v) is 16.3. The fourth-order valence-corrected chi connectivity index (χ4v) is 4.15. The summed E-state index contributed by atoms with van der Waals surface area (Å²) in [7, 11) is 0. The van der Waals surface area contributed by atoms with Crippen molar-refractivity contribution in [2.75, 3.05) is 5.32 Å². The standard InChI is InChI=1S/C22H27N5/c1-16-11-13-22(14-12-16,23-19-7-5-4-6-8-19)21-24-25-26-27(21)20-10-9-17(2)15-18(20)3/h4-10,15-16,23H,11-14H2,1-3H3. The number of hydrogen-bond acceptors (Lipinski definition) is 4. The van der Waals surface area contributed by atoms with Crippen molar-refractivity contribution in [2.24, 2.45) is 5.92 Å². The van der Waals surface area contributed by atoms with Gasteiger partial charge in [0.05, 0.1) is 11.2 Å². The molecular formula is C22H27N5. The Hall–Kier alpha value is -2.69. The number of aryl methyl sites for hydroxylation is 2. The number of hydrogen-bond donors (Lipinski definition) is 1. The van der Waals surface area contributed by atoms with E-state index in [9.17, 15) is 0 Å². The largest absolute Gasteiger partial charge is 0.373 e. The van der Waals surface area contributed by atoms with E-state index in [4.69, 9.17) is 0 Å². The number of nitrogens with one attached hydrogen (secondary N) is 1. The second kappa shape index (κ2) is 7.14. The average Bonchev–Trinajstić information content (AvgIpc) is 3.15. The molecule has 2 aromatic carbocycles. The van der Waals surface area contributed by atoms with Crippen molar-refractivity contribution in [3.63, 3.8) is 0 Å². The fraction of sp³-hybridized carbons (Fsp3) is 0.409. The maximum absolute atomic E-state index is 4.51. The lowest BCUT2D eigenvalue weighted by Crippen LogP contribution is -2.41. The summed E-state index contributed by atoms with van der Waals surface area (Å²) in [4.78, 5) is 0. The van der Waals surface area contributed by atoms with Crippen molar-refractivity contribution in [3.8, 4) is 5.69 Å². The molecule has 27 heavy (non-hydrogen) atoms. The Balaban J connectivity index is 1.79. The summed E-state index contributed by atoms with van der Waals surface area (Å²) in [6, 6.07) is 16.8. The van der Waals surface area contributed by atoms with E-state index in [1.165, 1.54) is 24.0 Å². The fourth-order valence-electron chi connectivity index (χ4n) is 4.15. The molecule has 0 saturated heterocycles. The van der Waals surface area contributed by atoms with E-state index < -0.39 is 0 Å². The van der Waals surface area contributed by atoms with Gasteiger partial charge in [-0.05, 0) is 79.6 Å². The molecule has 1 saturated carbocycles. The predicted octanol–water partition coefficient (Wildman–Crippen LogP) is 4.80. The van der Waals surface area contributed by atoms with Crippen molar-refractivity contribution in [3.05, 3.63) is 65.5 Å². The summed E-state index contributed by atoms with van der Waals surface area (Å²) in [5.74, 6) is 1.64. The zero-order valence-electron chi connectivity index (χ0n) is 16.3. The molecule has 5 nitrogen and oxygen atoms in total. The van der Waals surface area contributed by atoms with Crippen molar-refractivity contribution >= 4 is 5.69 Å². The maximum atomic E-state index is 4.51. The van der Waals surface area contributed by atoms with Crippen molar-refractivity contribution in [1.82, 2.24) is 20.2 Å². The lowest BCUT2D eigenvalue weighted by atomic mass is 9.76. The first-order valence-electron chi connectivity index (χ1n) is 9.77. The van der Waals surface area contributed by atoms with Crippen LogP contribution in [0.3, 0.4) is 0 Å². The molecule has 1 aliphatic carbocycles. The Bertz CT molecular complexity index is 907. The summed E-state index contributed by atoms with van der Waals surface area (Å²) < 4.78 is 1.93. The molecule has 1 N–H and O–H groups in total. The predicted molar refractivity (Wildman–Crippen MR) is 108 cm³/mol. The third-order valence-electron chi connectivity index (χ3n) is 5.76. The monoisotopic (exact) mass is 361 g/mol. The van der Waals surface area contributed by atoms with E-state index >= 15 is 0 Å². The second-order valence-electron chi connectivity index (χ2n) is 7.96. The molecule has 4 rings (SSSR count). The van der Waals surface area contributed by atoms with Gasteiger partial charge in [-0.1, -0.05) is 42.8 Å². The number of anilines is 1. The first kappa shape index (κ1) is 17.7. The van der Waals surface area contributed by atoms with Gasteiger partial charge in [-0.25, -0.2) is 0 Å². The first-order chi connectivity index (χ1) is 13.1. The van der Waals surface area contributed by atoms with Crippen LogP contribution in [0.5, 0.6) is 0 Å². The van der Waals surface area contributed by atoms with Crippen molar-refractivity contribution in [2.45, 2.75) is 52.0 Å². The van der Waals surface area contributed by atoms with E-state index in [2.05, 4.69) is 84.1 Å². The van der Waals surface area contributed by atoms with Gasteiger partial charge < -0.3 is 5.32 Å². The van der Waals surface area contributed by atoms with E-state index in [1.807, 2.05) is 10.7 Å². The molecule has 5 heteroatoms. The molecule has 1 fully saturated rings. The van der Waals surface area contributed by atoms with Crippen LogP contribution in [0.4, 0.5) is 5.69 Å². The Labute approximate surface area is 160 Å². The van der Waals surface area contributed by atoms with Gasteiger partial charge in [0, 0.05) is 5.69 Å². The van der Waals surface area contributed by atoms with Crippen LogP contribution in [0.25, 0.3) is 5.69 Å². The lowest BCUT2D eigenvalue weighted by molar-refractivity contribution is 0.255. The third kappa shape index (κ3) is 3.46. The highest BCUT2D eigenvalue weighted by Crippen LogP contribution is 2.41. The topological polar surface area (TPSA) is 55.6 Å². The van der Waals surface area contributed by atoms with Crippen LogP contribution in [0.2, 0.25) is 0 Å². The molecule has 0 unspecified atom stereocenters. The van der Waals surface area contributed by atoms with E-state index in [0.29, 0.717) is 0 Å². The van der Waals surface area contributed by atoms with Crippen molar-refractivity contribution in [1.29, 1.82) is 0 Å². The Morgan fingerprint density at radius 1 is 1.04 bits per heavy atom. The van der Waals surface area contributed by atoms with Crippen LogP contribution < -0.4 is 5.32 Å². The van der Waals surface area contributed by atoms with Gasteiger partial charge in [0.1, 0.15) is 0 Å². The third-order valence-corrected chi connectivity index (χ3v) is 5.76. The van der Waals surface area contributed by atoms with Gasteiger partial charge >= 0.3 is 0 Å². The number of aromatic nitrogens is 4. The Morgan fingerprint density at radius 2 is 1.78 bits per heavy atom. The molecule has 0 atom stereocenters. The summed E-state index contributed by atoms with van der Waals surface area (Å²) in [5, 5.41) is 16.7. The highest BCUT2D eigenvalue weighted by molar-refractivity contribution is 5.48. The molecular weight excluding hydrogens is 334 g/mol. The van der Waals surface area contributed by atoms with E-state index in [0.717, 1.165) is 36.0 Å². The molecule has 3 aromatic rings. The minimum Gasteiger partial charge on any atom is -0.373 e. The first-order valence-corrected chi connectivity index (χ1v) is 9.77. The van der Waals surface area contributed by atoms with Gasteiger partial charge in [-0.15, -0.1) is 5.10 Å².